The van der Waals surface area contributed by atoms with Gasteiger partial charge in [-0.2, -0.15) is 0 Å². The highest BCUT2D eigenvalue weighted by Crippen LogP contribution is 2.26. The maximum absolute atomic E-state index is 14.3. The van der Waals surface area contributed by atoms with Gasteiger partial charge in [-0.25, -0.2) is 4.39 Å². The van der Waals surface area contributed by atoms with Crippen molar-refractivity contribution in [1.82, 2.24) is 4.90 Å². The second kappa shape index (κ2) is 6.02. The number of likely N-dealkylation sites (N-methyl/N-ethyl adjacent to an activating group) is 1. The van der Waals surface area contributed by atoms with Crippen LogP contribution in [0.25, 0.3) is 0 Å². The van der Waals surface area contributed by atoms with Crippen molar-refractivity contribution in [2.24, 2.45) is 5.41 Å². The standard InChI is InChI=1S/C16H23FN2O2/c1-16(2,15(20)21)11-12-4-5-14(13(17)10-12)19-8-6-18(3)7-9-19/h4-5,10H,6-9,11H2,1-3H3,(H,20,21). The van der Waals surface area contributed by atoms with E-state index in [1.165, 1.54) is 6.07 Å². The number of benzene rings is 1. The number of carbonyl (C=O) groups is 1. The molecule has 0 spiro atoms. The van der Waals surface area contributed by atoms with Gasteiger partial charge in [0.15, 0.2) is 0 Å². The van der Waals surface area contributed by atoms with Gasteiger partial charge < -0.3 is 14.9 Å². The molecule has 0 aromatic heterocycles. The molecule has 0 atom stereocenters. The lowest BCUT2D eigenvalue weighted by atomic mass is 9.86. The van der Waals surface area contributed by atoms with Crippen molar-refractivity contribution >= 4 is 11.7 Å². The molecule has 5 heteroatoms. The van der Waals surface area contributed by atoms with Gasteiger partial charge >= 0.3 is 5.97 Å². The lowest BCUT2D eigenvalue weighted by Crippen LogP contribution is -2.44. The van der Waals surface area contributed by atoms with Crippen molar-refractivity contribution in [1.29, 1.82) is 0 Å². The average molecular weight is 294 g/mol. The van der Waals surface area contributed by atoms with Gasteiger partial charge in [0.25, 0.3) is 0 Å². The smallest absolute Gasteiger partial charge is 0.309 e. The van der Waals surface area contributed by atoms with Crippen LogP contribution in [0.3, 0.4) is 0 Å². The Labute approximate surface area is 125 Å². The second-order valence-corrected chi connectivity index (χ2v) is 6.44. The topological polar surface area (TPSA) is 43.8 Å². The molecule has 0 aliphatic carbocycles. The van der Waals surface area contributed by atoms with Crippen LogP contribution in [-0.2, 0) is 11.2 Å². The van der Waals surface area contributed by atoms with Crippen LogP contribution in [0.2, 0.25) is 0 Å². The van der Waals surface area contributed by atoms with E-state index in [-0.39, 0.29) is 5.82 Å². The fourth-order valence-corrected chi connectivity index (χ4v) is 2.55. The number of carboxylic acids is 1. The summed E-state index contributed by atoms with van der Waals surface area (Å²) < 4.78 is 14.3. The van der Waals surface area contributed by atoms with Gasteiger partial charge in [0.2, 0.25) is 0 Å². The third-order valence-electron chi connectivity index (χ3n) is 4.08. The Balaban J connectivity index is 2.12. The number of nitrogens with zero attached hydrogens (tertiary/aromatic N) is 2. The molecule has 1 aliphatic heterocycles. The molecule has 0 amide bonds. The zero-order chi connectivity index (χ0) is 15.6. The third kappa shape index (κ3) is 3.73. The van der Waals surface area contributed by atoms with Crippen LogP contribution >= 0.6 is 0 Å². The molecule has 1 heterocycles. The van der Waals surface area contributed by atoms with E-state index in [0.717, 1.165) is 31.7 Å². The maximum atomic E-state index is 14.3. The Morgan fingerprint density at radius 3 is 2.43 bits per heavy atom. The van der Waals surface area contributed by atoms with Gasteiger partial charge in [-0.1, -0.05) is 6.07 Å². The largest absolute Gasteiger partial charge is 0.481 e. The minimum Gasteiger partial charge on any atom is -0.481 e. The van der Waals surface area contributed by atoms with E-state index >= 15 is 0 Å². The van der Waals surface area contributed by atoms with Gasteiger partial charge in [0.05, 0.1) is 11.1 Å². The van der Waals surface area contributed by atoms with Gasteiger partial charge in [-0.3, -0.25) is 4.79 Å². The Kier molecular flexibility index (Phi) is 4.52. The molecule has 1 aromatic carbocycles. The van der Waals surface area contributed by atoms with Crippen LogP contribution in [0.1, 0.15) is 19.4 Å². The van der Waals surface area contributed by atoms with Gasteiger partial charge in [0, 0.05) is 26.2 Å². The summed E-state index contributed by atoms with van der Waals surface area (Å²) in [6, 6.07) is 5.08. The van der Waals surface area contributed by atoms with Crippen molar-refractivity contribution in [3.8, 4) is 0 Å². The van der Waals surface area contributed by atoms with Crippen LogP contribution < -0.4 is 4.90 Å². The molecule has 1 fully saturated rings. The summed E-state index contributed by atoms with van der Waals surface area (Å²) in [5, 5.41) is 9.15. The van der Waals surface area contributed by atoms with Gasteiger partial charge in [-0.05, 0) is 45.0 Å². The summed E-state index contributed by atoms with van der Waals surface area (Å²) in [6.45, 7) is 6.78. The number of hydrogen-bond donors (Lipinski definition) is 1. The molecular weight excluding hydrogens is 271 g/mol. The molecule has 0 radical (unpaired) electrons. The van der Waals surface area contributed by atoms with Crippen LogP contribution in [0, 0.1) is 11.2 Å². The summed E-state index contributed by atoms with van der Waals surface area (Å²) >= 11 is 0. The van der Waals surface area contributed by atoms with E-state index in [4.69, 9.17) is 5.11 Å². The highest BCUT2D eigenvalue weighted by atomic mass is 19.1. The van der Waals surface area contributed by atoms with E-state index in [1.807, 2.05) is 11.0 Å². The van der Waals surface area contributed by atoms with Crippen LogP contribution in [0.15, 0.2) is 18.2 Å². The van der Waals surface area contributed by atoms with Gasteiger partial charge in [0.1, 0.15) is 5.82 Å². The highest BCUT2D eigenvalue weighted by molar-refractivity contribution is 5.74. The zero-order valence-electron chi connectivity index (χ0n) is 12.9. The minimum atomic E-state index is -0.887. The number of aliphatic carboxylic acids is 1. The van der Waals surface area contributed by atoms with Gasteiger partial charge in [-0.15, -0.1) is 0 Å². The number of carboxylic acid groups (broad SMARTS) is 1. The first kappa shape index (κ1) is 15.8. The predicted octanol–water partition coefficient (Wildman–Crippen LogP) is 2.23. The summed E-state index contributed by atoms with van der Waals surface area (Å²) in [5.41, 5.74) is 0.444. The van der Waals surface area contributed by atoms with E-state index in [1.54, 1.807) is 19.9 Å². The maximum Gasteiger partial charge on any atom is 0.309 e. The Bertz CT molecular complexity index is 523. The first-order valence-corrected chi connectivity index (χ1v) is 7.25. The highest BCUT2D eigenvalue weighted by Gasteiger charge is 2.28. The Hall–Kier alpha value is -1.62. The summed E-state index contributed by atoms with van der Waals surface area (Å²) in [6.07, 6.45) is 0.322. The third-order valence-corrected chi connectivity index (χ3v) is 4.08. The molecule has 0 unspecified atom stereocenters. The normalized spacial score (nSPS) is 17.0. The van der Waals surface area contributed by atoms with E-state index < -0.39 is 11.4 Å². The average Bonchev–Trinajstić information content (AvgIpc) is 2.39. The van der Waals surface area contributed by atoms with Crippen molar-refractivity contribution in [2.45, 2.75) is 20.3 Å². The molecule has 1 aliphatic rings. The lowest BCUT2D eigenvalue weighted by Gasteiger charge is -2.34. The molecule has 1 N–H and O–H groups in total. The fraction of sp³-hybridized carbons (Fsp3) is 0.562. The summed E-state index contributed by atoms with van der Waals surface area (Å²) in [5.74, 6) is -1.13. The summed E-state index contributed by atoms with van der Waals surface area (Å²) in [7, 11) is 2.06. The molecule has 1 saturated heterocycles. The second-order valence-electron chi connectivity index (χ2n) is 6.44. The number of hydrogen-bond acceptors (Lipinski definition) is 3. The first-order valence-electron chi connectivity index (χ1n) is 7.25. The quantitative estimate of drug-likeness (QED) is 0.925. The number of anilines is 1. The van der Waals surface area contributed by atoms with Crippen molar-refractivity contribution in [3.05, 3.63) is 29.6 Å². The lowest BCUT2D eigenvalue weighted by molar-refractivity contribution is -0.146. The predicted molar refractivity (Wildman–Crippen MR) is 81.2 cm³/mol. The molecule has 21 heavy (non-hydrogen) atoms. The van der Waals surface area contributed by atoms with Crippen LogP contribution in [0.4, 0.5) is 10.1 Å². The fourth-order valence-electron chi connectivity index (χ4n) is 2.55. The van der Waals surface area contributed by atoms with E-state index in [9.17, 15) is 9.18 Å². The molecule has 4 nitrogen and oxygen atoms in total. The number of rotatable bonds is 4. The van der Waals surface area contributed by atoms with Crippen molar-refractivity contribution in [2.75, 3.05) is 38.1 Å². The SMILES string of the molecule is CN1CCN(c2ccc(CC(C)(C)C(=O)O)cc2F)CC1. The zero-order valence-corrected chi connectivity index (χ0v) is 12.9. The minimum absolute atomic E-state index is 0.266. The summed E-state index contributed by atoms with van der Waals surface area (Å²) in [4.78, 5) is 15.4. The molecule has 1 aromatic rings. The van der Waals surface area contributed by atoms with Crippen LogP contribution in [0.5, 0.6) is 0 Å². The first-order chi connectivity index (χ1) is 9.79. The monoisotopic (exact) mass is 294 g/mol. The Morgan fingerprint density at radius 2 is 1.90 bits per heavy atom. The molecular formula is C16H23FN2O2. The molecule has 116 valence electrons. The molecule has 0 bridgehead atoms. The number of piperazine rings is 1. The number of halogens is 1. The Morgan fingerprint density at radius 1 is 1.29 bits per heavy atom. The van der Waals surface area contributed by atoms with Crippen molar-refractivity contribution < 1.29 is 14.3 Å². The van der Waals surface area contributed by atoms with Crippen LogP contribution in [-0.4, -0.2) is 49.2 Å². The van der Waals surface area contributed by atoms with E-state index in [2.05, 4.69) is 11.9 Å². The van der Waals surface area contributed by atoms with Crippen molar-refractivity contribution in [3.63, 3.8) is 0 Å². The van der Waals surface area contributed by atoms with E-state index in [0.29, 0.717) is 12.1 Å². The molecule has 2 rings (SSSR count). The molecule has 0 saturated carbocycles.